The molecule has 12 heteroatoms. The zero-order valence-corrected chi connectivity index (χ0v) is 22.8. The molecule has 0 saturated carbocycles. The molecule has 4 rings (SSSR count). The molecular weight excluding hydrogens is 513 g/mol. The summed E-state index contributed by atoms with van der Waals surface area (Å²) in [6.45, 7) is 9.04. The van der Waals surface area contributed by atoms with Crippen molar-refractivity contribution in [1.82, 2.24) is 24.8 Å². The number of anilines is 1. The van der Waals surface area contributed by atoms with Crippen molar-refractivity contribution in [3.05, 3.63) is 53.2 Å². The van der Waals surface area contributed by atoms with Crippen LogP contribution < -0.4 is 10.1 Å². The van der Waals surface area contributed by atoms with Crippen LogP contribution in [0.1, 0.15) is 50.7 Å². The summed E-state index contributed by atoms with van der Waals surface area (Å²) in [6.07, 6.45) is 0.922. The van der Waals surface area contributed by atoms with Crippen molar-refractivity contribution in [3.63, 3.8) is 0 Å². The van der Waals surface area contributed by atoms with Crippen molar-refractivity contribution < 1.29 is 27.8 Å². The van der Waals surface area contributed by atoms with Crippen LogP contribution in [0.15, 0.2) is 30.5 Å². The number of aliphatic hydroxyl groups is 1. The van der Waals surface area contributed by atoms with Crippen molar-refractivity contribution in [2.45, 2.75) is 58.2 Å². The van der Waals surface area contributed by atoms with Crippen LogP contribution in [-0.2, 0) is 5.92 Å². The van der Waals surface area contributed by atoms with Gasteiger partial charge < -0.3 is 25.0 Å². The lowest BCUT2D eigenvalue weighted by Gasteiger charge is -2.37. The summed E-state index contributed by atoms with van der Waals surface area (Å²) in [4.78, 5) is 29.6. The van der Waals surface area contributed by atoms with E-state index in [1.54, 1.807) is 18.7 Å². The Balaban J connectivity index is 1.63. The Morgan fingerprint density at radius 2 is 1.97 bits per heavy atom. The number of aromatic nitrogens is 3. The van der Waals surface area contributed by atoms with E-state index in [1.807, 2.05) is 14.0 Å². The lowest BCUT2D eigenvalue weighted by molar-refractivity contribution is -0.170. The number of carbonyl (C=O) groups is 1. The van der Waals surface area contributed by atoms with E-state index in [0.29, 0.717) is 23.3 Å². The molecule has 1 amide bonds. The number of benzene rings is 1. The predicted molar refractivity (Wildman–Crippen MR) is 140 cm³/mol. The van der Waals surface area contributed by atoms with E-state index in [4.69, 9.17) is 4.74 Å². The van der Waals surface area contributed by atoms with Crippen molar-refractivity contribution in [2.75, 3.05) is 32.0 Å². The standard InChI is InChI=1S/C27H33F3N6O3/c1-15-14-35(6)10-11-36(15)25(37)39-22-12-19-21(13-31-22)33-17(3)34-24(19)32-16(2)18-8-7-9-20(23(18)28)27(29,30)26(4,5)38/h7-9,12-13,15-16,38H,10-11,14H2,1-6H3,(H,32,33,34). The van der Waals surface area contributed by atoms with Gasteiger partial charge in [-0.25, -0.2) is 24.1 Å². The molecule has 3 aromatic rings. The fourth-order valence-electron chi connectivity index (χ4n) is 4.59. The van der Waals surface area contributed by atoms with Gasteiger partial charge in [-0.15, -0.1) is 0 Å². The molecule has 3 heterocycles. The van der Waals surface area contributed by atoms with Crippen LogP contribution >= 0.6 is 0 Å². The Bertz CT molecular complexity index is 1380. The normalized spacial score (nSPS) is 17.8. The number of piperazine rings is 1. The summed E-state index contributed by atoms with van der Waals surface area (Å²) in [5, 5.41) is 13.5. The highest BCUT2D eigenvalue weighted by Crippen LogP contribution is 2.41. The number of alkyl halides is 2. The minimum Gasteiger partial charge on any atom is -0.391 e. The topological polar surface area (TPSA) is 104 Å². The number of aryl methyl sites for hydroxylation is 1. The van der Waals surface area contributed by atoms with Crippen LogP contribution in [0, 0.1) is 12.7 Å². The Morgan fingerprint density at radius 1 is 1.26 bits per heavy atom. The quantitative estimate of drug-likeness (QED) is 0.461. The van der Waals surface area contributed by atoms with Crippen molar-refractivity contribution in [3.8, 4) is 5.88 Å². The van der Waals surface area contributed by atoms with Gasteiger partial charge in [0.25, 0.3) is 0 Å². The Labute approximate surface area is 225 Å². The van der Waals surface area contributed by atoms with Gasteiger partial charge in [-0.05, 0) is 47.7 Å². The molecule has 2 aromatic heterocycles. The summed E-state index contributed by atoms with van der Waals surface area (Å²) in [7, 11) is 1.99. The number of nitrogens with one attached hydrogen (secondary N) is 1. The number of fused-ring (bicyclic) bond motifs is 1. The molecule has 0 radical (unpaired) electrons. The van der Waals surface area contributed by atoms with Crippen LogP contribution in [0.3, 0.4) is 0 Å². The van der Waals surface area contributed by atoms with Crippen molar-refractivity contribution >= 4 is 22.8 Å². The zero-order chi connectivity index (χ0) is 28.7. The zero-order valence-electron chi connectivity index (χ0n) is 22.8. The van der Waals surface area contributed by atoms with E-state index in [2.05, 4.69) is 25.2 Å². The first-order chi connectivity index (χ1) is 18.2. The summed E-state index contributed by atoms with van der Waals surface area (Å²) in [5.74, 6) is -4.22. The Hall–Kier alpha value is -3.51. The van der Waals surface area contributed by atoms with Crippen molar-refractivity contribution in [1.29, 1.82) is 0 Å². The first-order valence-corrected chi connectivity index (χ1v) is 12.7. The average molecular weight is 547 g/mol. The number of ether oxygens (including phenoxy) is 1. The number of nitrogens with zero attached hydrogens (tertiary/aromatic N) is 5. The fourth-order valence-corrected chi connectivity index (χ4v) is 4.59. The second kappa shape index (κ2) is 10.6. The van der Waals surface area contributed by atoms with Gasteiger partial charge in [0.2, 0.25) is 5.88 Å². The summed E-state index contributed by atoms with van der Waals surface area (Å²) in [6, 6.07) is 4.34. The van der Waals surface area contributed by atoms with Gasteiger partial charge in [0.05, 0.1) is 23.3 Å². The maximum Gasteiger partial charge on any atom is 0.416 e. The molecule has 39 heavy (non-hydrogen) atoms. The second-order valence-corrected chi connectivity index (χ2v) is 10.5. The van der Waals surface area contributed by atoms with Gasteiger partial charge in [-0.2, -0.15) is 8.78 Å². The molecule has 0 aliphatic carbocycles. The van der Waals surface area contributed by atoms with Crippen LogP contribution in [-0.4, -0.2) is 74.3 Å². The lowest BCUT2D eigenvalue weighted by atomic mass is 9.91. The molecule has 0 spiro atoms. The molecule has 1 fully saturated rings. The van der Waals surface area contributed by atoms with E-state index in [0.717, 1.165) is 33.0 Å². The second-order valence-electron chi connectivity index (χ2n) is 10.5. The molecule has 1 saturated heterocycles. The highest BCUT2D eigenvalue weighted by atomic mass is 19.3. The smallest absolute Gasteiger partial charge is 0.391 e. The van der Waals surface area contributed by atoms with Crippen LogP contribution in [0.2, 0.25) is 0 Å². The first-order valence-electron chi connectivity index (χ1n) is 12.7. The monoisotopic (exact) mass is 546 g/mol. The maximum absolute atomic E-state index is 15.3. The number of likely N-dealkylation sites (N-methyl/N-ethyl adjacent to an activating group) is 1. The molecule has 1 aliphatic heterocycles. The van der Waals surface area contributed by atoms with Gasteiger partial charge in [0.15, 0.2) is 0 Å². The number of halogens is 3. The Morgan fingerprint density at radius 3 is 2.64 bits per heavy atom. The van der Waals surface area contributed by atoms with Crippen LogP contribution in [0.4, 0.5) is 23.8 Å². The Kier molecular flexibility index (Phi) is 7.72. The van der Waals surface area contributed by atoms with Gasteiger partial charge in [-0.1, -0.05) is 12.1 Å². The molecule has 0 bridgehead atoms. The third kappa shape index (κ3) is 5.76. The molecule has 2 atom stereocenters. The van der Waals surface area contributed by atoms with Gasteiger partial charge in [0.1, 0.15) is 23.1 Å². The highest BCUT2D eigenvalue weighted by Gasteiger charge is 2.49. The summed E-state index contributed by atoms with van der Waals surface area (Å²) >= 11 is 0. The van der Waals surface area contributed by atoms with E-state index in [-0.39, 0.29) is 23.3 Å². The number of hydrogen-bond acceptors (Lipinski definition) is 8. The molecule has 9 nitrogen and oxygen atoms in total. The fraction of sp³-hybridized carbons (Fsp3) is 0.481. The summed E-state index contributed by atoms with van der Waals surface area (Å²) < 4.78 is 50.5. The molecule has 1 aromatic carbocycles. The third-order valence-electron chi connectivity index (χ3n) is 6.88. The van der Waals surface area contributed by atoms with E-state index >= 15 is 4.39 Å². The number of amides is 1. The molecule has 1 aliphatic rings. The van der Waals surface area contributed by atoms with Gasteiger partial charge in [0, 0.05) is 42.7 Å². The number of rotatable bonds is 6. The van der Waals surface area contributed by atoms with Crippen molar-refractivity contribution in [2.24, 2.45) is 0 Å². The van der Waals surface area contributed by atoms with E-state index in [1.165, 1.54) is 24.4 Å². The number of hydrogen-bond donors (Lipinski definition) is 2. The lowest BCUT2D eigenvalue weighted by Crippen LogP contribution is -2.53. The third-order valence-corrected chi connectivity index (χ3v) is 6.88. The largest absolute Gasteiger partial charge is 0.416 e. The minimum absolute atomic E-state index is 0.0322. The van der Waals surface area contributed by atoms with E-state index < -0.39 is 35.0 Å². The minimum atomic E-state index is -3.82. The number of carbonyl (C=O) groups excluding carboxylic acids is 1. The molecule has 2 unspecified atom stereocenters. The molecule has 2 N–H and O–H groups in total. The predicted octanol–water partition coefficient (Wildman–Crippen LogP) is 4.64. The SMILES string of the molecule is Cc1nc(NC(C)c2cccc(C(F)(F)C(C)(C)O)c2F)c2cc(OC(=O)N3CCN(C)CC3C)ncc2n1. The summed E-state index contributed by atoms with van der Waals surface area (Å²) in [5.41, 5.74) is -2.95. The van der Waals surface area contributed by atoms with Crippen LogP contribution in [0.5, 0.6) is 5.88 Å². The molecule has 210 valence electrons. The van der Waals surface area contributed by atoms with E-state index in [9.17, 15) is 18.7 Å². The van der Waals surface area contributed by atoms with Crippen LogP contribution in [0.25, 0.3) is 10.9 Å². The maximum atomic E-state index is 15.3. The van der Waals surface area contributed by atoms with Gasteiger partial charge in [-0.3, -0.25) is 0 Å². The first kappa shape index (κ1) is 28.5. The number of pyridine rings is 1. The average Bonchev–Trinajstić information content (AvgIpc) is 2.83. The van der Waals surface area contributed by atoms with Gasteiger partial charge >= 0.3 is 12.0 Å². The molecular formula is C27H33F3N6O3. The highest BCUT2D eigenvalue weighted by molar-refractivity contribution is 5.89.